The van der Waals surface area contributed by atoms with Crippen LogP contribution in [0.3, 0.4) is 0 Å². The summed E-state index contributed by atoms with van der Waals surface area (Å²) in [6.45, 7) is 4.34. The number of carbonyl (C=O) groups is 1. The van der Waals surface area contributed by atoms with Gasteiger partial charge >= 0.3 is 5.97 Å². The monoisotopic (exact) mass is 482 g/mol. The van der Waals surface area contributed by atoms with E-state index in [0.29, 0.717) is 12.6 Å². The molecule has 4 saturated carbocycles. The Kier molecular flexibility index (Phi) is 4.70. The third-order valence-corrected chi connectivity index (χ3v) is 10.8. The summed E-state index contributed by atoms with van der Waals surface area (Å²) in [6.07, 6.45) is 7.83. The number of nitrogens with two attached hydrogens (primary N) is 1. The smallest absolute Gasteiger partial charge is 0.322 e. The molecule has 2 spiro atoms. The Bertz CT molecular complexity index is 1070. The maximum Gasteiger partial charge on any atom is 0.322 e. The predicted octanol–water partition coefficient (Wildman–Crippen LogP) is 2.81. The highest BCUT2D eigenvalue weighted by Crippen LogP contribution is 2.76. The van der Waals surface area contributed by atoms with Crippen molar-refractivity contribution in [2.45, 2.75) is 81.1 Å². The van der Waals surface area contributed by atoms with Crippen molar-refractivity contribution in [2.75, 3.05) is 33.9 Å². The molecule has 1 aromatic carbocycles. The Labute approximate surface area is 207 Å². The first kappa shape index (κ1) is 22.4. The number of piperidine rings is 1. The Morgan fingerprint density at radius 1 is 1.26 bits per heavy atom. The van der Waals surface area contributed by atoms with Gasteiger partial charge in [0.25, 0.3) is 0 Å². The van der Waals surface area contributed by atoms with Crippen molar-refractivity contribution in [1.82, 2.24) is 4.90 Å². The molecular formula is C28H38N2O5. The zero-order valence-corrected chi connectivity index (χ0v) is 21.2. The fourth-order valence-corrected chi connectivity index (χ4v) is 9.21. The molecule has 35 heavy (non-hydrogen) atoms. The van der Waals surface area contributed by atoms with Gasteiger partial charge in [-0.2, -0.15) is 0 Å². The number of rotatable bonds is 7. The molecule has 5 aliphatic carbocycles. The van der Waals surface area contributed by atoms with Crippen LogP contribution in [0.15, 0.2) is 12.1 Å². The molecule has 0 radical (unpaired) electrons. The minimum Gasteiger partial charge on any atom is -0.493 e. The Balaban J connectivity index is 1.38. The van der Waals surface area contributed by atoms with Crippen molar-refractivity contribution in [3.05, 3.63) is 23.3 Å². The summed E-state index contributed by atoms with van der Waals surface area (Å²) in [6, 6.07) is 4.23. The van der Waals surface area contributed by atoms with Crippen LogP contribution in [0, 0.1) is 17.3 Å². The molecule has 2 N–H and O–H groups in total. The first-order valence-corrected chi connectivity index (χ1v) is 13.5. The van der Waals surface area contributed by atoms with Crippen LogP contribution < -0.4 is 15.2 Å². The van der Waals surface area contributed by atoms with E-state index in [2.05, 4.69) is 17.0 Å². The Morgan fingerprint density at radius 2 is 2.09 bits per heavy atom. The third-order valence-electron chi connectivity index (χ3n) is 10.8. The van der Waals surface area contributed by atoms with Gasteiger partial charge < -0.3 is 24.7 Å². The molecule has 7 heteroatoms. The molecule has 1 saturated heterocycles. The number of hydrogen-bond acceptors (Lipinski definition) is 7. The maximum absolute atomic E-state index is 12.4. The highest BCUT2D eigenvalue weighted by molar-refractivity contribution is 5.75. The van der Waals surface area contributed by atoms with Crippen molar-refractivity contribution in [2.24, 2.45) is 23.0 Å². The summed E-state index contributed by atoms with van der Waals surface area (Å²) >= 11 is 0. The molecule has 1 aromatic rings. The highest BCUT2D eigenvalue weighted by Gasteiger charge is 2.80. The second-order valence-electron chi connectivity index (χ2n) is 12.1. The molecule has 7 atom stereocenters. The number of ether oxygens (including phenoxy) is 4. The van der Waals surface area contributed by atoms with Gasteiger partial charge in [-0.25, -0.2) is 0 Å². The quantitative estimate of drug-likeness (QED) is 0.599. The topological polar surface area (TPSA) is 83.2 Å². The van der Waals surface area contributed by atoms with Gasteiger partial charge in [0.2, 0.25) is 0 Å². The molecule has 2 aliphatic heterocycles. The lowest BCUT2D eigenvalue weighted by molar-refractivity contribution is -0.282. The maximum atomic E-state index is 12.4. The van der Waals surface area contributed by atoms with Crippen LogP contribution in [0.5, 0.6) is 11.5 Å². The SMILES string of the molecule is COc1ccc2c3c1O[C@H]1C4(OC)CCC5(C[C@@H]4COC(=O)[C@H](C)N)[C@@H](C2)N(CC2CC2)CCC315. The lowest BCUT2D eigenvalue weighted by Gasteiger charge is -2.73. The molecule has 8 rings (SSSR count). The summed E-state index contributed by atoms with van der Waals surface area (Å²) in [5.74, 6) is 2.35. The number of methoxy groups -OCH3 is 2. The predicted molar refractivity (Wildman–Crippen MR) is 130 cm³/mol. The van der Waals surface area contributed by atoms with Crippen LogP contribution in [0.4, 0.5) is 0 Å². The van der Waals surface area contributed by atoms with Crippen LogP contribution in [0.1, 0.15) is 56.6 Å². The van der Waals surface area contributed by atoms with Crippen LogP contribution >= 0.6 is 0 Å². The minimum atomic E-state index is -0.624. The minimum absolute atomic E-state index is 0.0762. The molecule has 2 heterocycles. The van der Waals surface area contributed by atoms with Gasteiger partial charge in [0.1, 0.15) is 17.7 Å². The van der Waals surface area contributed by atoms with Gasteiger partial charge in [-0.1, -0.05) is 6.07 Å². The second kappa shape index (κ2) is 7.36. The molecule has 0 aromatic heterocycles. The number of carbonyl (C=O) groups excluding carboxylic acids is 1. The van der Waals surface area contributed by atoms with Crippen molar-refractivity contribution >= 4 is 5.97 Å². The lowest BCUT2D eigenvalue weighted by atomic mass is 9.35. The first-order chi connectivity index (χ1) is 16.9. The van der Waals surface area contributed by atoms with E-state index in [1.807, 2.05) is 7.11 Å². The van der Waals surface area contributed by atoms with Gasteiger partial charge in [-0.15, -0.1) is 0 Å². The molecular weight excluding hydrogens is 444 g/mol. The van der Waals surface area contributed by atoms with E-state index in [0.717, 1.165) is 56.1 Å². The zero-order valence-electron chi connectivity index (χ0n) is 21.2. The zero-order chi connectivity index (χ0) is 24.2. The summed E-state index contributed by atoms with van der Waals surface area (Å²) < 4.78 is 25.1. The highest BCUT2D eigenvalue weighted by atomic mass is 16.6. The summed E-state index contributed by atoms with van der Waals surface area (Å²) in [7, 11) is 3.56. The largest absolute Gasteiger partial charge is 0.493 e. The van der Waals surface area contributed by atoms with Crippen molar-refractivity contribution in [3.63, 3.8) is 0 Å². The van der Waals surface area contributed by atoms with Gasteiger partial charge in [0.15, 0.2) is 11.5 Å². The van der Waals surface area contributed by atoms with Gasteiger partial charge in [0, 0.05) is 42.0 Å². The van der Waals surface area contributed by atoms with E-state index < -0.39 is 11.6 Å². The van der Waals surface area contributed by atoms with Crippen molar-refractivity contribution in [1.29, 1.82) is 0 Å². The molecule has 4 bridgehead atoms. The Hall–Kier alpha value is -1.83. The van der Waals surface area contributed by atoms with Crippen LogP contribution in [0.25, 0.3) is 0 Å². The second-order valence-corrected chi connectivity index (χ2v) is 12.1. The summed E-state index contributed by atoms with van der Waals surface area (Å²) in [5, 5.41) is 0. The number of hydrogen-bond donors (Lipinski definition) is 1. The summed E-state index contributed by atoms with van der Waals surface area (Å²) in [4.78, 5) is 15.2. The van der Waals surface area contributed by atoms with E-state index in [1.54, 1.807) is 14.0 Å². The van der Waals surface area contributed by atoms with E-state index in [-0.39, 0.29) is 28.8 Å². The van der Waals surface area contributed by atoms with Gasteiger partial charge in [-0.05, 0) is 76.0 Å². The summed E-state index contributed by atoms with van der Waals surface area (Å²) in [5.41, 5.74) is 8.16. The standard InChI is InChI=1S/C28H38N2O5/c1-16(29)24(31)34-15-19-13-26-8-9-28(19,33-3)25-27(26)10-11-30(14-17-4-5-17)21(26)12-18-6-7-20(32-2)23(35-25)22(18)27/h6-7,16-17,19,21,25H,4-5,8-15,29H2,1-3H3/t16-,19+,21+,25+,26?,27?,28?/m0/s1. The third kappa shape index (κ3) is 2.65. The average Bonchev–Trinajstić information content (AvgIpc) is 3.61. The molecule has 0 amide bonds. The lowest BCUT2D eigenvalue weighted by Crippen LogP contribution is -2.81. The fourth-order valence-electron chi connectivity index (χ4n) is 9.21. The number of benzene rings is 1. The number of likely N-dealkylation sites (tertiary alicyclic amines) is 1. The van der Waals surface area contributed by atoms with E-state index in [9.17, 15) is 4.79 Å². The van der Waals surface area contributed by atoms with E-state index in [4.69, 9.17) is 24.7 Å². The molecule has 190 valence electrons. The van der Waals surface area contributed by atoms with Gasteiger partial charge in [-0.3, -0.25) is 9.69 Å². The average molecular weight is 483 g/mol. The Morgan fingerprint density at radius 3 is 2.80 bits per heavy atom. The molecule has 7 aliphatic rings. The van der Waals surface area contributed by atoms with Gasteiger partial charge in [0.05, 0.1) is 13.7 Å². The fraction of sp³-hybridized carbons (Fsp3) is 0.750. The molecule has 7 nitrogen and oxygen atoms in total. The van der Waals surface area contributed by atoms with E-state index >= 15 is 0 Å². The van der Waals surface area contributed by atoms with E-state index in [1.165, 1.54) is 30.5 Å². The van der Waals surface area contributed by atoms with Crippen LogP contribution in [-0.2, 0) is 26.1 Å². The number of nitrogens with zero attached hydrogens (tertiary/aromatic N) is 1. The number of esters is 1. The van der Waals surface area contributed by atoms with Crippen molar-refractivity contribution in [3.8, 4) is 11.5 Å². The van der Waals surface area contributed by atoms with Crippen LogP contribution in [-0.4, -0.2) is 68.6 Å². The number of fused-ring (bicyclic) bond motifs is 2. The van der Waals surface area contributed by atoms with Crippen LogP contribution in [0.2, 0.25) is 0 Å². The molecule has 5 fully saturated rings. The first-order valence-electron chi connectivity index (χ1n) is 13.5. The molecule has 3 unspecified atom stereocenters. The normalized spacial score (nSPS) is 41.2. The van der Waals surface area contributed by atoms with Crippen molar-refractivity contribution < 1.29 is 23.7 Å².